The van der Waals surface area contributed by atoms with Crippen molar-refractivity contribution in [2.75, 3.05) is 13.2 Å². The summed E-state index contributed by atoms with van der Waals surface area (Å²) in [7, 11) is 0. The maximum Gasteiger partial charge on any atom is 0.338 e. The molecule has 0 saturated carbocycles. The summed E-state index contributed by atoms with van der Waals surface area (Å²) >= 11 is 0. The van der Waals surface area contributed by atoms with Crippen LogP contribution < -0.4 is 0 Å². The Hall–Kier alpha value is -2.15. The number of esters is 1. The van der Waals surface area contributed by atoms with Crippen molar-refractivity contribution in [3.8, 4) is 0 Å². The molecule has 0 aliphatic rings. The van der Waals surface area contributed by atoms with Crippen LogP contribution in [-0.2, 0) is 4.74 Å². The molecule has 2 unspecified atom stereocenters. The van der Waals surface area contributed by atoms with Gasteiger partial charge in [-0.3, -0.25) is 0 Å². The van der Waals surface area contributed by atoms with Gasteiger partial charge >= 0.3 is 5.97 Å². The summed E-state index contributed by atoms with van der Waals surface area (Å²) in [5, 5.41) is 23.1. The molecule has 0 saturated heterocycles. The summed E-state index contributed by atoms with van der Waals surface area (Å²) in [6.45, 7) is 1.72. The fraction of sp³-hybridized carbons (Fsp3) is 0.462. The quantitative estimate of drug-likeness (QED) is 0.347. The van der Waals surface area contributed by atoms with Gasteiger partial charge in [-0.1, -0.05) is 5.11 Å². The molecule has 0 bridgehead atoms. The van der Waals surface area contributed by atoms with Crippen molar-refractivity contribution in [3.05, 3.63) is 45.6 Å². The smallest absolute Gasteiger partial charge is 0.338 e. The summed E-state index contributed by atoms with van der Waals surface area (Å²) in [6.07, 6.45) is -2.82. The van der Waals surface area contributed by atoms with E-state index in [1.54, 1.807) is 6.92 Å². The molecule has 114 valence electrons. The van der Waals surface area contributed by atoms with Gasteiger partial charge in [0.25, 0.3) is 0 Å². The van der Waals surface area contributed by atoms with Crippen LogP contribution in [0.3, 0.4) is 0 Å². The predicted molar refractivity (Wildman–Crippen MR) is 72.0 cm³/mol. The number of aliphatic hydroxyl groups excluding tert-OH is 2. The van der Waals surface area contributed by atoms with Crippen LogP contribution in [0.15, 0.2) is 23.3 Å². The molecular weight excluding hydrogens is 281 g/mol. The first-order valence-electron chi connectivity index (χ1n) is 6.34. The van der Waals surface area contributed by atoms with E-state index in [0.717, 1.165) is 12.1 Å². The predicted octanol–water partition coefficient (Wildman–Crippen LogP) is 2.10. The lowest BCUT2D eigenvalue weighted by atomic mass is 9.97. The van der Waals surface area contributed by atoms with Gasteiger partial charge in [-0.15, -0.1) is 0 Å². The molecule has 21 heavy (non-hydrogen) atoms. The van der Waals surface area contributed by atoms with Gasteiger partial charge in [0.1, 0.15) is 11.9 Å². The molecule has 2 N–H and O–H groups in total. The van der Waals surface area contributed by atoms with Crippen molar-refractivity contribution < 1.29 is 24.1 Å². The lowest BCUT2D eigenvalue weighted by Gasteiger charge is -2.19. The van der Waals surface area contributed by atoms with E-state index < -0.39 is 24.0 Å². The van der Waals surface area contributed by atoms with Crippen molar-refractivity contribution in [1.29, 1.82) is 0 Å². The fourth-order valence-corrected chi connectivity index (χ4v) is 1.77. The van der Waals surface area contributed by atoms with Crippen LogP contribution in [0.25, 0.3) is 10.4 Å². The number of benzene rings is 1. The number of rotatable bonds is 7. The second-order valence-corrected chi connectivity index (χ2v) is 4.21. The van der Waals surface area contributed by atoms with E-state index >= 15 is 0 Å². The van der Waals surface area contributed by atoms with Gasteiger partial charge in [0.15, 0.2) is 0 Å². The van der Waals surface area contributed by atoms with Gasteiger partial charge in [-0.2, -0.15) is 0 Å². The number of ether oxygens (including phenoxy) is 1. The van der Waals surface area contributed by atoms with E-state index in [-0.39, 0.29) is 30.7 Å². The molecular formula is C13H16FN3O4. The molecule has 0 radical (unpaired) electrons. The maximum absolute atomic E-state index is 13.3. The van der Waals surface area contributed by atoms with Gasteiger partial charge in [-0.05, 0) is 37.1 Å². The van der Waals surface area contributed by atoms with E-state index in [2.05, 4.69) is 10.0 Å². The highest BCUT2D eigenvalue weighted by Crippen LogP contribution is 2.24. The fourth-order valence-electron chi connectivity index (χ4n) is 1.77. The minimum atomic E-state index is -1.49. The number of hydrogen-bond acceptors (Lipinski definition) is 5. The van der Waals surface area contributed by atoms with Crippen LogP contribution in [0, 0.1) is 5.82 Å². The second-order valence-electron chi connectivity index (χ2n) is 4.21. The van der Waals surface area contributed by atoms with Gasteiger partial charge in [0, 0.05) is 17.0 Å². The number of hydrogen-bond donors (Lipinski definition) is 2. The van der Waals surface area contributed by atoms with Crippen LogP contribution >= 0.6 is 0 Å². The van der Waals surface area contributed by atoms with Gasteiger partial charge in [0.05, 0.1) is 18.3 Å². The second kappa shape index (κ2) is 8.21. The zero-order chi connectivity index (χ0) is 15.8. The van der Waals surface area contributed by atoms with Crippen molar-refractivity contribution in [2.45, 2.75) is 25.6 Å². The zero-order valence-corrected chi connectivity index (χ0v) is 11.4. The van der Waals surface area contributed by atoms with Gasteiger partial charge < -0.3 is 14.9 Å². The maximum atomic E-state index is 13.3. The molecule has 7 nitrogen and oxygen atoms in total. The summed E-state index contributed by atoms with van der Waals surface area (Å²) < 4.78 is 18.1. The van der Waals surface area contributed by atoms with Crippen LogP contribution in [0.4, 0.5) is 4.39 Å². The number of nitrogens with zero attached hydrogens (tertiary/aromatic N) is 3. The Morgan fingerprint density at radius 3 is 2.86 bits per heavy atom. The van der Waals surface area contributed by atoms with E-state index in [0.29, 0.717) is 0 Å². The summed E-state index contributed by atoms with van der Waals surface area (Å²) in [5.74, 6) is -1.37. The van der Waals surface area contributed by atoms with Gasteiger partial charge in [-0.25, -0.2) is 9.18 Å². The Bertz CT molecular complexity index is 546. The van der Waals surface area contributed by atoms with E-state index in [9.17, 15) is 19.4 Å². The van der Waals surface area contributed by atoms with E-state index in [1.807, 2.05) is 0 Å². The molecule has 0 aliphatic heterocycles. The molecule has 2 atom stereocenters. The molecule has 1 rings (SSSR count). The SMILES string of the molecule is CCOC(=O)c1ccc(F)cc1C(O)C(O)CCN=[N+]=[N-]. The summed E-state index contributed by atoms with van der Waals surface area (Å²) in [6, 6.07) is 3.22. The molecule has 0 amide bonds. The first kappa shape index (κ1) is 16.9. The van der Waals surface area contributed by atoms with Crippen LogP contribution in [0.5, 0.6) is 0 Å². The molecule has 0 spiro atoms. The number of carbonyl (C=O) groups excluding carboxylic acids is 1. The third-order valence-electron chi connectivity index (χ3n) is 2.78. The van der Waals surface area contributed by atoms with E-state index in [1.165, 1.54) is 6.07 Å². The first-order valence-corrected chi connectivity index (χ1v) is 6.34. The number of azide groups is 1. The summed E-state index contributed by atoms with van der Waals surface area (Å²) in [5.41, 5.74) is 8.06. The molecule has 0 fully saturated rings. The zero-order valence-electron chi connectivity index (χ0n) is 11.4. The molecule has 8 heteroatoms. The van der Waals surface area contributed by atoms with Crippen molar-refractivity contribution in [3.63, 3.8) is 0 Å². The highest BCUT2D eigenvalue weighted by atomic mass is 19.1. The Morgan fingerprint density at radius 2 is 2.24 bits per heavy atom. The lowest BCUT2D eigenvalue weighted by molar-refractivity contribution is 0.0134. The standard InChI is InChI=1S/C13H16FN3O4/c1-2-21-13(20)9-4-3-8(14)7-10(9)12(19)11(18)5-6-16-17-15/h3-4,7,11-12,18-19H,2,5-6H2,1H3. The molecule has 1 aromatic carbocycles. The van der Waals surface area contributed by atoms with Gasteiger partial charge in [0.2, 0.25) is 0 Å². The molecule has 0 aliphatic carbocycles. The number of halogens is 1. The average molecular weight is 297 g/mol. The molecule has 0 heterocycles. The third kappa shape index (κ3) is 4.71. The number of aliphatic hydroxyl groups is 2. The highest BCUT2D eigenvalue weighted by Gasteiger charge is 2.24. The molecule has 0 aromatic heterocycles. The Labute approximate surface area is 120 Å². The lowest BCUT2D eigenvalue weighted by Crippen LogP contribution is -2.22. The largest absolute Gasteiger partial charge is 0.462 e. The summed E-state index contributed by atoms with van der Waals surface area (Å²) in [4.78, 5) is 14.3. The third-order valence-corrected chi connectivity index (χ3v) is 2.78. The molecule has 1 aromatic rings. The average Bonchev–Trinajstić information content (AvgIpc) is 2.46. The Balaban J connectivity index is 3.00. The van der Waals surface area contributed by atoms with Crippen molar-refractivity contribution in [2.24, 2.45) is 5.11 Å². The monoisotopic (exact) mass is 297 g/mol. The van der Waals surface area contributed by atoms with Crippen LogP contribution in [0.1, 0.15) is 35.4 Å². The highest BCUT2D eigenvalue weighted by molar-refractivity contribution is 5.91. The normalized spacial score (nSPS) is 13.1. The topological polar surface area (TPSA) is 116 Å². The minimum Gasteiger partial charge on any atom is -0.462 e. The Kier molecular flexibility index (Phi) is 6.61. The van der Waals surface area contributed by atoms with Crippen molar-refractivity contribution >= 4 is 5.97 Å². The van der Waals surface area contributed by atoms with Crippen LogP contribution in [-0.4, -0.2) is 35.4 Å². The first-order chi connectivity index (χ1) is 10.0. The Morgan fingerprint density at radius 1 is 1.52 bits per heavy atom. The minimum absolute atomic E-state index is 0.0198. The van der Waals surface area contributed by atoms with Crippen LogP contribution in [0.2, 0.25) is 0 Å². The van der Waals surface area contributed by atoms with Crippen molar-refractivity contribution in [1.82, 2.24) is 0 Å². The number of carbonyl (C=O) groups is 1. The van der Waals surface area contributed by atoms with E-state index in [4.69, 9.17) is 10.3 Å².